The molecule has 3 heteroatoms. The van der Waals surface area contributed by atoms with E-state index in [-0.39, 0.29) is 0 Å². The van der Waals surface area contributed by atoms with Crippen molar-refractivity contribution in [2.75, 3.05) is 52.5 Å². The Morgan fingerprint density at radius 3 is 2.35 bits per heavy atom. The van der Waals surface area contributed by atoms with Gasteiger partial charge >= 0.3 is 0 Å². The zero-order chi connectivity index (χ0) is 15.9. The molecule has 23 heavy (non-hydrogen) atoms. The van der Waals surface area contributed by atoms with Crippen molar-refractivity contribution >= 4 is 0 Å². The number of rotatable bonds is 6. The fraction of sp³-hybridized carbons (Fsp3) is 0.700. The summed E-state index contributed by atoms with van der Waals surface area (Å²) in [5.74, 6) is 1.53. The van der Waals surface area contributed by atoms with E-state index in [1.165, 1.54) is 64.1 Å². The van der Waals surface area contributed by atoms with Crippen molar-refractivity contribution < 1.29 is 4.74 Å². The van der Waals surface area contributed by atoms with Gasteiger partial charge in [-0.1, -0.05) is 37.3 Å². The molecule has 2 saturated heterocycles. The van der Waals surface area contributed by atoms with E-state index >= 15 is 0 Å². The Morgan fingerprint density at radius 2 is 1.65 bits per heavy atom. The van der Waals surface area contributed by atoms with Crippen LogP contribution < -0.4 is 0 Å². The van der Waals surface area contributed by atoms with Gasteiger partial charge in [0, 0.05) is 45.9 Å². The number of piperazine rings is 1. The molecular formula is C20H32N2O. The molecule has 0 unspecified atom stereocenters. The van der Waals surface area contributed by atoms with Crippen molar-refractivity contribution in [3.8, 4) is 0 Å². The highest BCUT2D eigenvalue weighted by Crippen LogP contribution is 2.20. The monoisotopic (exact) mass is 316 g/mol. The van der Waals surface area contributed by atoms with E-state index in [2.05, 4.69) is 47.1 Å². The van der Waals surface area contributed by atoms with Crippen molar-refractivity contribution in [1.82, 2.24) is 9.80 Å². The first-order valence-electron chi connectivity index (χ1n) is 9.38. The topological polar surface area (TPSA) is 15.7 Å². The number of hydrogen-bond acceptors (Lipinski definition) is 3. The fourth-order valence-electron chi connectivity index (χ4n) is 3.81. The summed E-state index contributed by atoms with van der Waals surface area (Å²) >= 11 is 0. The molecule has 0 aromatic heterocycles. The minimum Gasteiger partial charge on any atom is -0.381 e. The van der Waals surface area contributed by atoms with Crippen molar-refractivity contribution in [1.29, 1.82) is 0 Å². The molecule has 3 rings (SSSR count). The maximum Gasteiger partial charge on any atom is 0.0469 e. The summed E-state index contributed by atoms with van der Waals surface area (Å²) in [6, 6.07) is 10.9. The van der Waals surface area contributed by atoms with Gasteiger partial charge in [0.15, 0.2) is 0 Å². The normalized spacial score (nSPS) is 23.0. The average molecular weight is 316 g/mol. The predicted octanol–water partition coefficient (Wildman–Crippen LogP) is 3.22. The van der Waals surface area contributed by atoms with Crippen LogP contribution in [0.2, 0.25) is 0 Å². The van der Waals surface area contributed by atoms with Gasteiger partial charge in [-0.15, -0.1) is 0 Å². The second kappa shape index (κ2) is 8.81. The van der Waals surface area contributed by atoms with Gasteiger partial charge in [-0.2, -0.15) is 0 Å². The largest absolute Gasteiger partial charge is 0.381 e. The summed E-state index contributed by atoms with van der Waals surface area (Å²) in [5.41, 5.74) is 1.48. The van der Waals surface area contributed by atoms with Crippen molar-refractivity contribution in [3.63, 3.8) is 0 Å². The average Bonchev–Trinajstić information content (AvgIpc) is 2.62. The van der Waals surface area contributed by atoms with Gasteiger partial charge in [-0.05, 0) is 43.2 Å². The van der Waals surface area contributed by atoms with Gasteiger partial charge in [0.25, 0.3) is 0 Å². The maximum atomic E-state index is 5.47. The van der Waals surface area contributed by atoms with Gasteiger partial charge in [0.05, 0.1) is 0 Å². The first kappa shape index (κ1) is 16.9. The number of nitrogens with zero attached hydrogens (tertiary/aromatic N) is 2. The van der Waals surface area contributed by atoms with Crippen LogP contribution in [0.4, 0.5) is 0 Å². The van der Waals surface area contributed by atoms with Crippen LogP contribution >= 0.6 is 0 Å². The maximum absolute atomic E-state index is 5.47. The highest BCUT2D eigenvalue weighted by atomic mass is 16.5. The summed E-state index contributed by atoms with van der Waals surface area (Å²) < 4.78 is 5.47. The standard InChI is InChI=1S/C20H32N2O/c1-18(20-5-3-2-4-6-20)7-10-21-11-13-22(14-12-21)17-19-8-15-23-16-9-19/h2-6,18-19H,7-17H2,1H3/t18-/m1/s1. The number of hydrogen-bond donors (Lipinski definition) is 0. The van der Waals surface area contributed by atoms with E-state index in [0.29, 0.717) is 5.92 Å². The molecule has 128 valence electrons. The third kappa shape index (κ3) is 5.30. The third-order valence-corrected chi connectivity index (χ3v) is 5.57. The fourth-order valence-corrected chi connectivity index (χ4v) is 3.81. The second-order valence-electron chi connectivity index (χ2n) is 7.30. The Kier molecular flexibility index (Phi) is 6.49. The molecule has 2 heterocycles. The Bertz CT molecular complexity index is 436. The minimum atomic E-state index is 0.663. The quantitative estimate of drug-likeness (QED) is 0.801. The van der Waals surface area contributed by atoms with E-state index in [1.807, 2.05) is 0 Å². The minimum absolute atomic E-state index is 0.663. The summed E-state index contributed by atoms with van der Waals surface area (Å²) in [6.07, 6.45) is 3.79. The van der Waals surface area contributed by atoms with Gasteiger partial charge in [-0.3, -0.25) is 0 Å². The molecule has 0 radical (unpaired) electrons. The van der Waals surface area contributed by atoms with Crippen LogP contribution in [0.5, 0.6) is 0 Å². The first-order chi connectivity index (χ1) is 11.3. The molecule has 3 nitrogen and oxygen atoms in total. The molecule has 0 amide bonds. The van der Waals surface area contributed by atoms with Crippen molar-refractivity contribution in [2.24, 2.45) is 5.92 Å². The zero-order valence-corrected chi connectivity index (χ0v) is 14.6. The molecule has 2 aliphatic rings. The number of ether oxygens (including phenoxy) is 1. The lowest BCUT2D eigenvalue weighted by Gasteiger charge is -2.37. The van der Waals surface area contributed by atoms with Gasteiger partial charge < -0.3 is 14.5 Å². The SMILES string of the molecule is C[C@H](CCN1CCN(CC2CCOCC2)CC1)c1ccccc1. The van der Waals surface area contributed by atoms with E-state index < -0.39 is 0 Å². The molecule has 0 spiro atoms. The molecular weight excluding hydrogens is 284 g/mol. The smallest absolute Gasteiger partial charge is 0.0469 e. The van der Waals surface area contributed by atoms with Crippen LogP contribution in [0.25, 0.3) is 0 Å². The molecule has 0 aliphatic carbocycles. The van der Waals surface area contributed by atoms with Gasteiger partial charge in [0.2, 0.25) is 0 Å². The lowest BCUT2D eigenvalue weighted by atomic mass is 9.97. The molecule has 0 N–H and O–H groups in total. The van der Waals surface area contributed by atoms with Crippen LogP contribution in [-0.4, -0.2) is 62.3 Å². The predicted molar refractivity (Wildman–Crippen MR) is 95.9 cm³/mol. The van der Waals surface area contributed by atoms with Crippen LogP contribution in [-0.2, 0) is 4.74 Å². The third-order valence-electron chi connectivity index (χ3n) is 5.57. The molecule has 2 fully saturated rings. The first-order valence-corrected chi connectivity index (χ1v) is 9.38. The summed E-state index contributed by atoms with van der Waals surface area (Å²) in [5, 5.41) is 0. The van der Waals surface area contributed by atoms with Gasteiger partial charge in [-0.25, -0.2) is 0 Å². The Hall–Kier alpha value is -0.900. The molecule has 0 saturated carbocycles. The Balaban J connectivity index is 1.34. The highest BCUT2D eigenvalue weighted by molar-refractivity contribution is 5.18. The zero-order valence-electron chi connectivity index (χ0n) is 14.6. The number of benzene rings is 1. The van der Waals surface area contributed by atoms with E-state index in [1.54, 1.807) is 0 Å². The summed E-state index contributed by atoms with van der Waals surface area (Å²) in [4.78, 5) is 5.33. The van der Waals surface area contributed by atoms with Crippen LogP contribution in [0.3, 0.4) is 0 Å². The Labute approximate surface area is 141 Å². The second-order valence-corrected chi connectivity index (χ2v) is 7.30. The molecule has 1 aromatic carbocycles. The van der Waals surface area contributed by atoms with E-state index in [4.69, 9.17) is 4.74 Å². The highest BCUT2D eigenvalue weighted by Gasteiger charge is 2.21. The molecule has 2 aliphatic heterocycles. The van der Waals surface area contributed by atoms with Crippen molar-refractivity contribution in [2.45, 2.75) is 32.1 Å². The van der Waals surface area contributed by atoms with Gasteiger partial charge in [0.1, 0.15) is 0 Å². The lowest BCUT2D eigenvalue weighted by Crippen LogP contribution is -2.48. The van der Waals surface area contributed by atoms with Crippen molar-refractivity contribution in [3.05, 3.63) is 35.9 Å². The summed E-state index contributed by atoms with van der Waals surface area (Å²) in [6.45, 7) is 11.8. The van der Waals surface area contributed by atoms with Crippen LogP contribution in [0.15, 0.2) is 30.3 Å². The van der Waals surface area contributed by atoms with E-state index in [0.717, 1.165) is 19.1 Å². The lowest BCUT2D eigenvalue weighted by molar-refractivity contribution is 0.0421. The Morgan fingerprint density at radius 1 is 1.00 bits per heavy atom. The van der Waals surface area contributed by atoms with Crippen LogP contribution in [0, 0.1) is 5.92 Å². The van der Waals surface area contributed by atoms with E-state index in [9.17, 15) is 0 Å². The van der Waals surface area contributed by atoms with Crippen LogP contribution in [0.1, 0.15) is 37.7 Å². The summed E-state index contributed by atoms with van der Waals surface area (Å²) in [7, 11) is 0. The molecule has 1 aromatic rings. The molecule has 0 bridgehead atoms. The molecule has 1 atom stereocenters.